The molecule has 0 amide bonds. The summed E-state index contributed by atoms with van der Waals surface area (Å²) in [5, 5.41) is 3.21. The Balaban J connectivity index is 1.99. The highest BCUT2D eigenvalue weighted by molar-refractivity contribution is 5.83. The van der Waals surface area contributed by atoms with Crippen molar-refractivity contribution < 1.29 is 36.9 Å². The SMILES string of the molecule is CO[C@](C(=O)O[C@@H](CNC(C)(C)C)c1ccc2c(c1)COC(C)(C)O2)(c1ccccc1)C(F)(F)F. The monoisotopic (exact) mass is 495 g/mol. The lowest BCUT2D eigenvalue weighted by Crippen LogP contribution is -2.52. The molecule has 1 heterocycles. The number of rotatable bonds is 7. The zero-order chi connectivity index (χ0) is 26.1. The predicted octanol–water partition coefficient (Wildman–Crippen LogP) is 5.41. The average molecular weight is 496 g/mol. The summed E-state index contributed by atoms with van der Waals surface area (Å²) in [6.45, 7) is 9.61. The largest absolute Gasteiger partial charge is 0.463 e. The number of benzene rings is 2. The molecule has 0 unspecified atom stereocenters. The molecule has 0 saturated heterocycles. The van der Waals surface area contributed by atoms with Crippen LogP contribution in [0.5, 0.6) is 5.75 Å². The van der Waals surface area contributed by atoms with E-state index in [2.05, 4.69) is 5.32 Å². The second kappa shape index (κ2) is 9.79. The minimum Gasteiger partial charge on any atom is -0.463 e. The Morgan fingerprint density at radius 1 is 1.11 bits per heavy atom. The van der Waals surface area contributed by atoms with Crippen LogP contribution in [-0.4, -0.2) is 37.1 Å². The van der Waals surface area contributed by atoms with Crippen LogP contribution in [0.25, 0.3) is 0 Å². The molecule has 0 radical (unpaired) electrons. The van der Waals surface area contributed by atoms with Crippen LogP contribution in [0.1, 0.15) is 57.4 Å². The molecule has 0 fully saturated rings. The van der Waals surface area contributed by atoms with Crippen LogP contribution in [0.15, 0.2) is 48.5 Å². The van der Waals surface area contributed by atoms with E-state index >= 15 is 0 Å². The molecular formula is C26H32F3NO5. The first kappa shape index (κ1) is 27.0. The standard InChI is InChI=1S/C26H32F3NO5/c1-23(2,3)30-15-21(17-12-13-20-18(14-17)16-33-24(4,5)35-20)34-22(31)25(32-6,26(27,28)29)19-10-8-7-9-11-19/h7-14,21,30H,15-16H2,1-6H3/t21-,25-/m0/s1. The first-order valence-electron chi connectivity index (χ1n) is 11.3. The molecule has 3 rings (SSSR count). The van der Waals surface area contributed by atoms with Crippen molar-refractivity contribution in [1.82, 2.24) is 5.32 Å². The summed E-state index contributed by atoms with van der Waals surface area (Å²) in [6.07, 6.45) is -6.10. The lowest BCUT2D eigenvalue weighted by atomic mass is 9.92. The second-order valence-corrected chi connectivity index (χ2v) is 9.93. The van der Waals surface area contributed by atoms with Crippen molar-refractivity contribution in [2.24, 2.45) is 0 Å². The number of hydrogen-bond donors (Lipinski definition) is 1. The lowest BCUT2D eigenvalue weighted by molar-refractivity contribution is -0.278. The molecule has 0 aliphatic carbocycles. The van der Waals surface area contributed by atoms with E-state index in [1.165, 1.54) is 24.3 Å². The number of methoxy groups -OCH3 is 1. The van der Waals surface area contributed by atoms with Crippen molar-refractivity contribution in [3.8, 4) is 5.75 Å². The topological polar surface area (TPSA) is 66.0 Å². The average Bonchev–Trinajstić information content (AvgIpc) is 2.76. The van der Waals surface area contributed by atoms with Gasteiger partial charge in [0.25, 0.3) is 5.60 Å². The van der Waals surface area contributed by atoms with Gasteiger partial charge in [-0.25, -0.2) is 4.79 Å². The summed E-state index contributed by atoms with van der Waals surface area (Å²) < 4.78 is 65.0. The Bertz CT molecular complexity index is 1030. The van der Waals surface area contributed by atoms with Crippen molar-refractivity contribution in [2.45, 2.75) is 70.4 Å². The third-order valence-corrected chi connectivity index (χ3v) is 5.63. The van der Waals surface area contributed by atoms with E-state index in [1.54, 1.807) is 38.1 Å². The number of carbonyl (C=O) groups excluding carboxylic acids is 1. The van der Waals surface area contributed by atoms with Crippen LogP contribution < -0.4 is 10.1 Å². The molecule has 1 N–H and O–H groups in total. The molecule has 0 bridgehead atoms. The highest BCUT2D eigenvalue weighted by atomic mass is 19.4. The molecule has 0 aromatic heterocycles. The number of nitrogens with one attached hydrogen (secondary N) is 1. The number of hydrogen-bond acceptors (Lipinski definition) is 6. The number of fused-ring (bicyclic) bond motifs is 1. The highest BCUT2D eigenvalue weighted by Crippen LogP contribution is 2.44. The van der Waals surface area contributed by atoms with Gasteiger partial charge in [-0.2, -0.15) is 13.2 Å². The first-order valence-corrected chi connectivity index (χ1v) is 11.3. The van der Waals surface area contributed by atoms with Gasteiger partial charge in [0.15, 0.2) is 0 Å². The molecule has 2 aromatic carbocycles. The number of halogens is 3. The van der Waals surface area contributed by atoms with E-state index in [1.807, 2.05) is 20.8 Å². The van der Waals surface area contributed by atoms with Crippen LogP contribution in [0, 0.1) is 0 Å². The summed E-state index contributed by atoms with van der Waals surface area (Å²) in [4.78, 5) is 13.3. The molecule has 0 saturated carbocycles. The summed E-state index contributed by atoms with van der Waals surface area (Å²) in [7, 11) is 0.847. The zero-order valence-electron chi connectivity index (χ0n) is 20.8. The van der Waals surface area contributed by atoms with Crippen LogP contribution in [0.3, 0.4) is 0 Å². The maximum atomic E-state index is 14.4. The number of ether oxygens (including phenoxy) is 4. The molecule has 0 spiro atoms. The normalized spacial score (nSPS) is 18.1. The summed E-state index contributed by atoms with van der Waals surface area (Å²) in [6, 6.07) is 11.9. The van der Waals surface area contributed by atoms with Crippen molar-refractivity contribution in [1.29, 1.82) is 0 Å². The Hall–Kier alpha value is -2.62. The fourth-order valence-corrected chi connectivity index (χ4v) is 3.78. The summed E-state index contributed by atoms with van der Waals surface area (Å²) in [5.41, 5.74) is -2.82. The quantitative estimate of drug-likeness (QED) is 0.519. The van der Waals surface area contributed by atoms with E-state index < -0.39 is 29.6 Å². The highest BCUT2D eigenvalue weighted by Gasteiger charge is 2.64. The Labute approximate surface area is 203 Å². The predicted molar refractivity (Wildman–Crippen MR) is 124 cm³/mol. The van der Waals surface area contributed by atoms with Gasteiger partial charge in [0.2, 0.25) is 5.79 Å². The smallest absolute Gasteiger partial charge is 0.432 e. The fourth-order valence-electron chi connectivity index (χ4n) is 3.78. The van der Waals surface area contributed by atoms with Gasteiger partial charge in [-0.3, -0.25) is 0 Å². The van der Waals surface area contributed by atoms with Crippen molar-refractivity contribution >= 4 is 5.97 Å². The fraction of sp³-hybridized carbons (Fsp3) is 0.500. The maximum Gasteiger partial charge on any atom is 0.432 e. The van der Waals surface area contributed by atoms with Gasteiger partial charge < -0.3 is 24.3 Å². The van der Waals surface area contributed by atoms with Gasteiger partial charge in [-0.1, -0.05) is 36.4 Å². The van der Waals surface area contributed by atoms with Crippen molar-refractivity contribution in [2.75, 3.05) is 13.7 Å². The van der Waals surface area contributed by atoms with Gasteiger partial charge in [0, 0.05) is 44.2 Å². The third kappa shape index (κ3) is 5.97. The number of esters is 1. The van der Waals surface area contributed by atoms with E-state index in [4.69, 9.17) is 18.9 Å². The van der Waals surface area contributed by atoms with Crippen LogP contribution in [0.4, 0.5) is 13.2 Å². The molecule has 1 aliphatic rings. The Morgan fingerprint density at radius 3 is 2.34 bits per heavy atom. The van der Waals surface area contributed by atoms with E-state index in [0.717, 1.165) is 7.11 Å². The minimum atomic E-state index is -5.06. The molecule has 9 heteroatoms. The van der Waals surface area contributed by atoms with Gasteiger partial charge in [-0.05, 0) is 38.5 Å². The molecule has 1 aliphatic heterocycles. The second-order valence-electron chi connectivity index (χ2n) is 9.93. The zero-order valence-corrected chi connectivity index (χ0v) is 20.8. The molecule has 6 nitrogen and oxygen atoms in total. The lowest BCUT2D eigenvalue weighted by Gasteiger charge is -2.35. The maximum absolute atomic E-state index is 14.4. The van der Waals surface area contributed by atoms with Gasteiger partial charge in [0.05, 0.1) is 6.61 Å². The van der Waals surface area contributed by atoms with Gasteiger partial charge in [0.1, 0.15) is 11.9 Å². The van der Waals surface area contributed by atoms with E-state index in [-0.39, 0.29) is 24.3 Å². The first-order chi connectivity index (χ1) is 16.2. The Morgan fingerprint density at radius 2 is 1.77 bits per heavy atom. The number of carbonyl (C=O) groups is 1. The van der Waals surface area contributed by atoms with Crippen molar-refractivity contribution in [3.63, 3.8) is 0 Å². The molecular weight excluding hydrogens is 463 g/mol. The molecule has 192 valence electrons. The summed E-state index contributed by atoms with van der Waals surface area (Å²) in [5.74, 6) is -1.75. The number of alkyl halides is 3. The van der Waals surface area contributed by atoms with Crippen LogP contribution >= 0.6 is 0 Å². The minimum absolute atomic E-state index is 0.0771. The van der Waals surface area contributed by atoms with Gasteiger partial charge in [-0.15, -0.1) is 0 Å². The van der Waals surface area contributed by atoms with Crippen LogP contribution in [0.2, 0.25) is 0 Å². The van der Waals surface area contributed by atoms with E-state index in [0.29, 0.717) is 16.9 Å². The third-order valence-electron chi connectivity index (χ3n) is 5.63. The van der Waals surface area contributed by atoms with Crippen molar-refractivity contribution in [3.05, 3.63) is 65.2 Å². The van der Waals surface area contributed by atoms with Crippen LogP contribution in [-0.2, 0) is 31.2 Å². The van der Waals surface area contributed by atoms with E-state index in [9.17, 15) is 18.0 Å². The van der Waals surface area contributed by atoms with Gasteiger partial charge >= 0.3 is 12.1 Å². The molecule has 35 heavy (non-hydrogen) atoms. The summed E-state index contributed by atoms with van der Waals surface area (Å²) >= 11 is 0. The molecule has 2 atom stereocenters. The Kier molecular flexibility index (Phi) is 7.55. The molecule has 2 aromatic rings.